The van der Waals surface area contributed by atoms with Crippen molar-refractivity contribution in [3.8, 4) is 0 Å². The molecule has 1 aromatic carbocycles. The number of nitrogens with zero attached hydrogens (tertiary/aromatic N) is 2. The van der Waals surface area contributed by atoms with Gasteiger partial charge in [0.05, 0.1) is 0 Å². The molecule has 28 heavy (non-hydrogen) atoms. The Labute approximate surface area is 166 Å². The normalized spacial score (nSPS) is 11.5. The first-order valence-corrected chi connectivity index (χ1v) is 9.66. The summed E-state index contributed by atoms with van der Waals surface area (Å²) in [6, 6.07) is 6.88. The van der Waals surface area contributed by atoms with Crippen molar-refractivity contribution in [2.24, 2.45) is 5.92 Å². The topological polar surface area (TPSA) is 97.1 Å². The molecule has 2 aromatic rings. The highest BCUT2D eigenvalue weighted by Crippen LogP contribution is 2.19. The largest absolute Gasteiger partial charge is 0.352 e. The summed E-state index contributed by atoms with van der Waals surface area (Å²) in [5.74, 6) is 1.42. The van der Waals surface area contributed by atoms with Gasteiger partial charge in [0.15, 0.2) is 5.82 Å². The van der Waals surface area contributed by atoms with E-state index in [0.29, 0.717) is 54.7 Å². The second kappa shape index (κ2) is 9.48. The Bertz CT molecular complexity index is 789. The highest BCUT2D eigenvalue weighted by molar-refractivity contribution is 5.95. The van der Waals surface area contributed by atoms with Crippen LogP contribution in [0.15, 0.2) is 28.8 Å². The quantitative estimate of drug-likeness (QED) is 0.721. The van der Waals surface area contributed by atoms with Gasteiger partial charge in [-0.05, 0) is 36.6 Å². The Morgan fingerprint density at radius 1 is 1.14 bits per heavy atom. The molecule has 0 aliphatic carbocycles. The van der Waals surface area contributed by atoms with E-state index in [0.717, 1.165) is 0 Å². The Kier molecular flexibility index (Phi) is 7.31. The number of hydrogen-bond acceptors (Lipinski definition) is 5. The van der Waals surface area contributed by atoms with Crippen LogP contribution < -0.4 is 10.6 Å². The lowest BCUT2D eigenvalue weighted by Gasteiger charge is -2.10. The zero-order valence-electron chi connectivity index (χ0n) is 17.3. The van der Waals surface area contributed by atoms with E-state index >= 15 is 0 Å². The van der Waals surface area contributed by atoms with Crippen molar-refractivity contribution < 1.29 is 14.1 Å². The van der Waals surface area contributed by atoms with E-state index in [4.69, 9.17) is 4.52 Å². The molecule has 1 heterocycles. The summed E-state index contributed by atoms with van der Waals surface area (Å²) >= 11 is 0. The fourth-order valence-electron chi connectivity index (χ4n) is 2.39. The fraction of sp³-hybridized carbons (Fsp3) is 0.524. The molecule has 152 valence electrons. The van der Waals surface area contributed by atoms with Crippen LogP contribution in [0.25, 0.3) is 0 Å². The third-order valence-corrected chi connectivity index (χ3v) is 4.04. The molecule has 0 saturated carbocycles. The first-order chi connectivity index (χ1) is 13.1. The maximum atomic E-state index is 12.1. The first kappa shape index (κ1) is 21.6. The van der Waals surface area contributed by atoms with Gasteiger partial charge in [-0.1, -0.05) is 39.8 Å². The van der Waals surface area contributed by atoms with Crippen molar-refractivity contribution in [2.75, 3.05) is 11.9 Å². The lowest BCUT2D eigenvalue weighted by molar-refractivity contribution is -0.116. The van der Waals surface area contributed by atoms with Gasteiger partial charge in [-0.2, -0.15) is 4.98 Å². The maximum Gasteiger partial charge on any atom is 0.251 e. The third kappa shape index (κ3) is 6.79. The van der Waals surface area contributed by atoms with E-state index in [9.17, 15) is 9.59 Å². The van der Waals surface area contributed by atoms with E-state index in [2.05, 4.69) is 20.8 Å². The van der Waals surface area contributed by atoms with E-state index in [1.807, 2.05) is 34.6 Å². The van der Waals surface area contributed by atoms with Crippen molar-refractivity contribution in [1.29, 1.82) is 0 Å². The predicted octanol–water partition coefficient (Wildman–Crippen LogP) is 3.71. The summed E-state index contributed by atoms with van der Waals surface area (Å²) in [5.41, 5.74) is 1.08. The smallest absolute Gasteiger partial charge is 0.251 e. The van der Waals surface area contributed by atoms with Crippen LogP contribution >= 0.6 is 0 Å². The van der Waals surface area contributed by atoms with Crippen LogP contribution in [0.3, 0.4) is 0 Å². The van der Waals surface area contributed by atoms with E-state index in [1.54, 1.807) is 24.3 Å². The maximum absolute atomic E-state index is 12.1. The van der Waals surface area contributed by atoms with Crippen LogP contribution in [-0.4, -0.2) is 28.5 Å². The number of nitrogens with one attached hydrogen (secondary N) is 2. The fourth-order valence-corrected chi connectivity index (χ4v) is 2.39. The van der Waals surface area contributed by atoms with Gasteiger partial charge >= 0.3 is 0 Å². The predicted molar refractivity (Wildman–Crippen MR) is 108 cm³/mol. The second-order valence-corrected chi connectivity index (χ2v) is 8.34. The van der Waals surface area contributed by atoms with Crippen LogP contribution in [0.2, 0.25) is 0 Å². The molecule has 0 fully saturated rings. The molecule has 1 aromatic heterocycles. The number of anilines is 1. The Hall–Kier alpha value is -2.70. The minimum atomic E-state index is -0.156. The summed E-state index contributed by atoms with van der Waals surface area (Å²) < 4.78 is 5.23. The molecular weight excluding hydrogens is 356 g/mol. The van der Waals surface area contributed by atoms with Crippen molar-refractivity contribution in [1.82, 2.24) is 15.5 Å². The minimum Gasteiger partial charge on any atom is -0.352 e. The molecular formula is C21H30N4O3. The monoisotopic (exact) mass is 386 g/mol. The molecule has 7 heteroatoms. The molecule has 0 bridgehead atoms. The number of aryl methyl sites for hydroxylation is 1. The summed E-state index contributed by atoms with van der Waals surface area (Å²) in [6.45, 7) is 10.8. The highest BCUT2D eigenvalue weighted by atomic mass is 16.5. The molecule has 0 radical (unpaired) electrons. The van der Waals surface area contributed by atoms with Gasteiger partial charge in [0, 0.05) is 36.1 Å². The number of amides is 2. The summed E-state index contributed by atoms with van der Waals surface area (Å²) in [5, 5.41) is 9.68. The van der Waals surface area contributed by atoms with Gasteiger partial charge < -0.3 is 15.2 Å². The van der Waals surface area contributed by atoms with Gasteiger partial charge in [-0.15, -0.1) is 0 Å². The minimum absolute atomic E-state index is 0.0902. The number of carbonyl (C=O) groups excluding carboxylic acids is 2. The standard InChI is InChI=1S/C21H30N4O3/c1-14(2)13-22-19(27)15-9-11-16(12-10-15)23-17(26)7-6-8-18-24-20(25-28-18)21(3,4)5/h9-12,14H,6-8,13H2,1-5H3,(H,22,27)(H,23,26). The Morgan fingerprint density at radius 3 is 2.39 bits per heavy atom. The number of hydrogen-bond donors (Lipinski definition) is 2. The zero-order chi connectivity index (χ0) is 20.7. The number of carbonyl (C=O) groups is 2. The van der Waals surface area contributed by atoms with Crippen molar-refractivity contribution in [2.45, 2.75) is 59.3 Å². The Balaban J connectivity index is 1.77. The number of aromatic nitrogens is 2. The van der Waals surface area contributed by atoms with E-state index in [1.165, 1.54) is 0 Å². The zero-order valence-corrected chi connectivity index (χ0v) is 17.3. The average molecular weight is 386 g/mol. The average Bonchev–Trinajstić information content (AvgIpc) is 3.09. The molecule has 2 amide bonds. The van der Waals surface area contributed by atoms with Crippen LogP contribution in [0.5, 0.6) is 0 Å². The Morgan fingerprint density at radius 2 is 1.82 bits per heavy atom. The molecule has 7 nitrogen and oxygen atoms in total. The van der Waals surface area contributed by atoms with Crippen LogP contribution in [0.1, 0.15) is 69.5 Å². The van der Waals surface area contributed by atoms with E-state index < -0.39 is 0 Å². The van der Waals surface area contributed by atoms with Crippen LogP contribution in [0, 0.1) is 5.92 Å². The summed E-state index contributed by atoms with van der Waals surface area (Å²) in [4.78, 5) is 28.5. The van der Waals surface area contributed by atoms with Crippen molar-refractivity contribution in [3.05, 3.63) is 41.5 Å². The summed E-state index contributed by atoms with van der Waals surface area (Å²) in [6.07, 6.45) is 1.53. The molecule has 0 aliphatic rings. The molecule has 0 spiro atoms. The molecule has 0 saturated heterocycles. The van der Waals surface area contributed by atoms with Gasteiger partial charge in [0.1, 0.15) is 0 Å². The first-order valence-electron chi connectivity index (χ1n) is 9.66. The van der Waals surface area contributed by atoms with E-state index in [-0.39, 0.29) is 17.2 Å². The molecule has 2 N–H and O–H groups in total. The number of rotatable bonds is 8. The van der Waals surface area contributed by atoms with Gasteiger partial charge in [-0.3, -0.25) is 9.59 Å². The van der Waals surface area contributed by atoms with Crippen LogP contribution in [0.4, 0.5) is 5.69 Å². The third-order valence-electron chi connectivity index (χ3n) is 4.04. The molecule has 0 atom stereocenters. The lowest BCUT2D eigenvalue weighted by Crippen LogP contribution is -2.27. The summed E-state index contributed by atoms with van der Waals surface area (Å²) in [7, 11) is 0. The molecule has 0 unspecified atom stereocenters. The highest BCUT2D eigenvalue weighted by Gasteiger charge is 2.20. The lowest BCUT2D eigenvalue weighted by atomic mass is 9.96. The second-order valence-electron chi connectivity index (χ2n) is 8.34. The van der Waals surface area contributed by atoms with Crippen molar-refractivity contribution in [3.63, 3.8) is 0 Å². The van der Waals surface area contributed by atoms with Gasteiger partial charge in [0.2, 0.25) is 11.8 Å². The number of benzene rings is 1. The molecule has 0 aliphatic heterocycles. The molecule has 2 rings (SSSR count). The van der Waals surface area contributed by atoms with Gasteiger partial charge in [-0.25, -0.2) is 0 Å². The van der Waals surface area contributed by atoms with Gasteiger partial charge in [0.25, 0.3) is 5.91 Å². The van der Waals surface area contributed by atoms with Crippen LogP contribution in [-0.2, 0) is 16.6 Å². The SMILES string of the molecule is CC(C)CNC(=O)c1ccc(NC(=O)CCCc2nc(C(C)(C)C)no2)cc1. The van der Waals surface area contributed by atoms with Crippen molar-refractivity contribution >= 4 is 17.5 Å².